The third-order valence-electron chi connectivity index (χ3n) is 3.43. The molecule has 1 N–H and O–H groups in total. The van der Waals surface area contributed by atoms with Crippen LogP contribution in [0.4, 0.5) is 0 Å². The van der Waals surface area contributed by atoms with Gasteiger partial charge in [-0.05, 0) is 12.8 Å². The lowest BCUT2D eigenvalue weighted by molar-refractivity contribution is 0.106. The van der Waals surface area contributed by atoms with Gasteiger partial charge in [0.25, 0.3) is 0 Å². The van der Waals surface area contributed by atoms with Gasteiger partial charge >= 0.3 is 0 Å². The van der Waals surface area contributed by atoms with E-state index in [0.717, 1.165) is 25.4 Å². The highest BCUT2D eigenvalue weighted by atomic mass is 16.5. The summed E-state index contributed by atoms with van der Waals surface area (Å²) < 4.78 is 5.19. The van der Waals surface area contributed by atoms with Gasteiger partial charge in [-0.2, -0.15) is 0 Å². The molecule has 0 amide bonds. The molecule has 90 valence electrons. The van der Waals surface area contributed by atoms with Gasteiger partial charge in [-0.25, -0.2) is 0 Å². The number of nitrogens with zero attached hydrogens (tertiary/aromatic N) is 2. The Kier molecular flexibility index (Phi) is 3.96. The molecule has 1 saturated heterocycles. The van der Waals surface area contributed by atoms with E-state index >= 15 is 0 Å². The molecular formula is C12H21N3O. The number of aromatic nitrogens is 1. The van der Waals surface area contributed by atoms with Crippen molar-refractivity contribution in [3.05, 3.63) is 18.0 Å². The number of piperazine rings is 1. The van der Waals surface area contributed by atoms with Crippen molar-refractivity contribution in [2.24, 2.45) is 0 Å². The summed E-state index contributed by atoms with van der Waals surface area (Å²) in [4.78, 5) is 2.51. The summed E-state index contributed by atoms with van der Waals surface area (Å²) in [5.74, 6) is 0.968. The molecule has 1 aliphatic rings. The first-order valence-corrected chi connectivity index (χ1v) is 6.20. The summed E-state index contributed by atoms with van der Waals surface area (Å²) in [6, 6.07) is 3.19. The predicted octanol–water partition coefficient (Wildman–Crippen LogP) is 1.64. The van der Waals surface area contributed by atoms with E-state index in [1.54, 1.807) is 6.20 Å². The lowest BCUT2D eigenvalue weighted by Crippen LogP contribution is -2.55. The van der Waals surface area contributed by atoms with Crippen molar-refractivity contribution in [2.45, 2.75) is 45.3 Å². The molecule has 0 aromatic carbocycles. The second kappa shape index (κ2) is 5.46. The van der Waals surface area contributed by atoms with Crippen LogP contribution in [0.25, 0.3) is 0 Å². The van der Waals surface area contributed by atoms with Gasteiger partial charge in [0, 0.05) is 31.2 Å². The molecule has 4 heteroatoms. The van der Waals surface area contributed by atoms with Crippen LogP contribution in [0.2, 0.25) is 0 Å². The Labute approximate surface area is 97.0 Å². The van der Waals surface area contributed by atoms with Crippen LogP contribution in [0.15, 0.2) is 16.8 Å². The van der Waals surface area contributed by atoms with E-state index in [1.807, 2.05) is 6.07 Å². The number of hydrogen-bond acceptors (Lipinski definition) is 4. The fraction of sp³-hybridized carbons (Fsp3) is 0.750. The SMILES string of the molecule is CCC1CN(Cc2ccno2)C(CC)CN1. The molecule has 1 aliphatic heterocycles. The first-order valence-electron chi connectivity index (χ1n) is 6.20. The minimum absolute atomic E-state index is 0.616. The molecule has 1 fully saturated rings. The predicted molar refractivity (Wildman–Crippen MR) is 63.1 cm³/mol. The zero-order valence-corrected chi connectivity index (χ0v) is 10.1. The summed E-state index contributed by atoms with van der Waals surface area (Å²) >= 11 is 0. The Balaban J connectivity index is 1.97. The molecular weight excluding hydrogens is 202 g/mol. The molecule has 2 rings (SSSR count). The van der Waals surface area contributed by atoms with E-state index in [0.29, 0.717) is 12.1 Å². The minimum Gasteiger partial charge on any atom is -0.360 e. The summed E-state index contributed by atoms with van der Waals surface area (Å²) in [5.41, 5.74) is 0. The topological polar surface area (TPSA) is 41.3 Å². The van der Waals surface area contributed by atoms with E-state index in [9.17, 15) is 0 Å². The molecule has 16 heavy (non-hydrogen) atoms. The van der Waals surface area contributed by atoms with Gasteiger partial charge in [0.1, 0.15) is 0 Å². The normalized spacial score (nSPS) is 27.1. The standard InChI is InChI=1S/C12H21N3O/c1-3-10-8-15(11(4-2)7-13-10)9-12-5-6-14-16-12/h5-6,10-11,13H,3-4,7-9H2,1-2H3. The Morgan fingerprint density at radius 3 is 3.00 bits per heavy atom. The summed E-state index contributed by atoms with van der Waals surface area (Å²) in [5, 5.41) is 7.35. The van der Waals surface area contributed by atoms with E-state index in [4.69, 9.17) is 4.52 Å². The van der Waals surface area contributed by atoms with Crippen LogP contribution in [0.5, 0.6) is 0 Å². The van der Waals surface area contributed by atoms with E-state index < -0.39 is 0 Å². The molecule has 0 saturated carbocycles. The maximum Gasteiger partial charge on any atom is 0.150 e. The van der Waals surface area contributed by atoms with Crippen molar-refractivity contribution in [3.63, 3.8) is 0 Å². The molecule has 0 radical (unpaired) electrons. The second-order valence-electron chi connectivity index (χ2n) is 4.48. The number of rotatable bonds is 4. The van der Waals surface area contributed by atoms with Gasteiger partial charge in [-0.3, -0.25) is 4.90 Å². The Morgan fingerprint density at radius 2 is 2.38 bits per heavy atom. The van der Waals surface area contributed by atoms with Gasteiger partial charge < -0.3 is 9.84 Å². The lowest BCUT2D eigenvalue weighted by Gasteiger charge is -2.39. The van der Waals surface area contributed by atoms with Crippen molar-refractivity contribution in [2.75, 3.05) is 13.1 Å². The third-order valence-corrected chi connectivity index (χ3v) is 3.43. The van der Waals surface area contributed by atoms with Crippen LogP contribution < -0.4 is 5.32 Å². The molecule has 2 unspecified atom stereocenters. The van der Waals surface area contributed by atoms with Gasteiger partial charge in [0.05, 0.1) is 12.7 Å². The number of hydrogen-bond donors (Lipinski definition) is 1. The monoisotopic (exact) mass is 223 g/mol. The fourth-order valence-electron chi connectivity index (χ4n) is 2.32. The van der Waals surface area contributed by atoms with Crippen LogP contribution in [-0.2, 0) is 6.54 Å². The van der Waals surface area contributed by atoms with Gasteiger partial charge in [0.15, 0.2) is 5.76 Å². The highest BCUT2D eigenvalue weighted by molar-refractivity contribution is 4.95. The zero-order chi connectivity index (χ0) is 11.4. The number of nitrogens with one attached hydrogen (secondary N) is 1. The Morgan fingerprint density at radius 1 is 1.50 bits per heavy atom. The quantitative estimate of drug-likeness (QED) is 0.842. The molecule has 0 bridgehead atoms. The first-order chi connectivity index (χ1) is 7.83. The maximum atomic E-state index is 5.19. The van der Waals surface area contributed by atoms with Gasteiger partial charge in [-0.15, -0.1) is 0 Å². The summed E-state index contributed by atoms with van der Waals surface area (Å²) in [7, 11) is 0. The van der Waals surface area contributed by atoms with E-state index in [2.05, 4.69) is 29.2 Å². The van der Waals surface area contributed by atoms with Crippen LogP contribution in [0.1, 0.15) is 32.4 Å². The van der Waals surface area contributed by atoms with Crippen molar-refractivity contribution in [1.82, 2.24) is 15.4 Å². The maximum absolute atomic E-state index is 5.19. The lowest BCUT2D eigenvalue weighted by atomic mass is 10.1. The highest BCUT2D eigenvalue weighted by Gasteiger charge is 2.26. The van der Waals surface area contributed by atoms with Crippen LogP contribution in [0, 0.1) is 0 Å². The van der Waals surface area contributed by atoms with E-state index in [-0.39, 0.29) is 0 Å². The molecule has 0 spiro atoms. The van der Waals surface area contributed by atoms with Crippen LogP contribution in [-0.4, -0.2) is 35.2 Å². The average Bonchev–Trinajstić information content (AvgIpc) is 2.82. The van der Waals surface area contributed by atoms with Crippen LogP contribution >= 0.6 is 0 Å². The van der Waals surface area contributed by atoms with Crippen molar-refractivity contribution < 1.29 is 4.52 Å². The van der Waals surface area contributed by atoms with Crippen LogP contribution in [0.3, 0.4) is 0 Å². The molecule has 2 atom stereocenters. The minimum atomic E-state index is 0.616. The van der Waals surface area contributed by atoms with Crippen molar-refractivity contribution in [1.29, 1.82) is 0 Å². The Bertz CT molecular complexity index is 299. The molecule has 4 nitrogen and oxygen atoms in total. The Hall–Kier alpha value is -0.870. The highest BCUT2D eigenvalue weighted by Crippen LogP contribution is 2.15. The summed E-state index contributed by atoms with van der Waals surface area (Å²) in [6.07, 6.45) is 4.08. The molecule has 1 aromatic heterocycles. The largest absolute Gasteiger partial charge is 0.360 e. The van der Waals surface area contributed by atoms with Crippen molar-refractivity contribution in [3.8, 4) is 0 Å². The second-order valence-corrected chi connectivity index (χ2v) is 4.48. The molecule has 0 aliphatic carbocycles. The average molecular weight is 223 g/mol. The summed E-state index contributed by atoms with van der Waals surface area (Å²) in [6.45, 7) is 7.55. The van der Waals surface area contributed by atoms with Crippen molar-refractivity contribution >= 4 is 0 Å². The van der Waals surface area contributed by atoms with Gasteiger partial charge in [0.2, 0.25) is 0 Å². The molecule has 2 heterocycles. The zero-order valence-electron chi connectivity index (χ0n) is 10.1. The fourth-order valence-corrected chi connectivity index (χ4v) is 2.32. The first kappa shape index (κ1) is 11.6. The third kappa shape index (κ3) is 2.62. The van der Waals surface area contributed by atoms with E-state index in [1.165, 1.54) is 12.8 Å². The van der Waals surface area contributed by atoms with Gasteiger partial charge in [-0.1, -0.05) is 19.0 Å². The molecule has 1 aromatic rings. The smallest absolute Gasteiger partial charge is 0.150 e.